The van der Waals surface area contributed by atoms with Crippen LogP contribution >= 0.6 is 11.6 Å². The standard InChI is InChI=1S/C19H18ClN3O4S/c1-22(27-2)28(25,26)16-8-5-14(6-9-16)19(24)21-17-10-7-15(20)13-18(17)23-11-3-4-12-23/h3-13H,1-2H3,(H,21,24). The molecular weight excluding hydrogens is 402 g/mol. The highest BCUT2D eigenvalue weighted by Gasteiger charge is 2.21. The molecule has 1 amide bonds. The Kier molecular flexibility index (Phi) is 5.85. The van der Waals surface area contributed by atoms with E-state index in [-0.39, 0.29) is 10.8 Å². The van der Waals surface area contributed by atoms with Gasteiger partial charge in [-0.3, -0.25) is 9.63 Å². The molecular formula is C19H18ClN3O4S. The highest BCUT2D eigenvalue weighted by molar-refractivity contribution is 7.89. The number of hydrogen-bond acceptors (Lipinski definition) is 4. The fourth-order valence-electron chi connectivity index (χ4n) is 2.54. The Hall–Kier alpha value is -2.65. The van der Waals surface area contributed by atoms with Gasteiger partial charge >= 0.3 is 0 Å². The van der Waals surface area contributed by atoms with Crippen LogP contribution in [0.25, 0.3) is 5.69 Å². The first kappa shape index (κ1) is 20.1. The second-order valence-corrected chi connectivity index (χ2v) is 8.20. The van der Waals surface area contributed by atoms with E-state index in [9.17, 15) is 13.2 Å². The number of hydrogen-bond donors (Lipinski definition) is 1. The van der Waals surface area contributed by atoms with Crippen molar-refractivity contribution >= 4 is 33.2 Å². The average Bonchev–Trinajstić information content (AvgIpc) is 3.23. The van der Waals surface area contributed by atoms with E-state index >= 15 is 0 Å². The van der Waals surface area contributed by atoms with Crippen molar-refractivity contribution in [2.75, 3.05) is 19.5 Å². The van der Waals surface area contributed by atoms with E-state index in [0.717, 1.165) is 4.47 Å². The Morgan fingerprint density at radius 1 is 1.11 bits per heavy atom. The summed E-state index contributed by atoms with van der Waals surface area (Å²) in [5, 5.41) is 3.37. The number of aromatic nitrogens is 1. The molecule has 1 heterocycles. The van der Waals surface area contributed by atoms with Crippen molar-refractivity contribution in [3.8, 4) is 5.69 Å². The number of sulfonamides is 1. The number of rotatable bonds is 6. The average molecular weight is 420 g/mol. The molecule has 0 aliphatic heterocycles. The fraction of sp³-hybridized carbons (Fsp3) is 0.105. The van der Waals surface area contributed by atoms with Crippen molar-refractivity contribution in [1.29, 1.82) is 0 Å². The molecule has 0 spiro atoms. The quantitative estimate of drug-likeness (QED) is 0.619. The summed E-state index contributed by atoms with van der Waals surface area (Å²) < 4.78 is 27.0. The van der Waals surface area contributed by atoms with Gasteiger partial charge in [0.25, 0.3) is 15.9 Å². The summed E-state index contributed by atoms with van der Waals surface area (Å²) in [5.41, 5.74) is 1.60. The van der Waals surface area contributed by atoms with Gasteiger partial charge in [-0.1, -0.05) is 16.1 Å². The van der Waals surface area contributed by atoms with Crippen molar-refractivity contribution in [3.63, 3.8) is 0 Å². The van der Waals surface area contributed by atoms with Crippen molar-refractivity contribution in [2.24, 2.45) is 0 Å². The second-order valence-electron chi connectivity index (χ2n) is 5.83. The number of carbonyl (C=O) groups excluding carboxylic acids is 1. The highest BCUT2D eigenvalue weighted by atomic mass is 35.5. The topological polar surface area (TPSA) is 80.6 Å². The molecule has 28 heavy (non-hydrogen) atoms. The molecule has 0 bridgehead atoms. The third kappa shape index (κ3) is 4.10. The Morgan fingerprint density at radius 2 is 1.75 bits per heavy atom. The minimum Gasteiger partial charge on any atom is -0.322 e. The highest BCUT2D eigenvalue weighted by Crippen LogP contribution is 2.25. The molecule has 0 aliphatic carbocycles. The Morgan fingerprint density at radius 3 is 2.36 bits per heavy atom. The van der Waals surface area contributed by atoms with Gasteiger partial charge in [-0.05, 0) is 54.6 Å². The van der Waals surface area contributed by atoms with Gasteiger partial charge in [-0.2, -0.15) is 0 Å². The van der Waals surface area contributed by atoms with Crippen LogP contribution in [0.5, 0.6) is 0 Å². The number of nitrogens with zero attached hydrogens (tertiary/aromatic N) is 2. The van der Waals surface area contributed by atoms with Crippen LogP contribution in [0.3, 0.4) is 0 Å². The predicted octanol–water partition coefficient (Wildman–Crippen LogP) is 3.56. The number of carbonyl (C=O) groups is 1. The summed E-state index contributed by atoms with van der Waals surface area (Å²) in [6, 6.07) is 14.5. The molecule has 1 aromatic heterocycles. The first-order valence-corrected chi connectivity index (χ1v) is 10.0. The predicted molar refractivity (Wildman–Crippen MR) is 107 cm³/mol. The molecule has 3 rings (SSSR count). The van der Waals surface area contributed by atoms with E-state index in [1.54, 1.807) is 18.2 Å². The Labute approximate surface area is 168 Å². The van der Waals surface area contributed by atoms with Gasteiger partial charge in [-0.25, -0.2) is 8.42 Å². The maximum Gasteiger partial charge on any atom is 0.264 e. The zero-order valence-corrected chi connectivity index (χ0v) is 16.7. The van der Waals surface area contributed by atoms with Crippen molar-refractivity contribution < 1.29 is 18.0 Å². The number of benzene rings is 2. The van der Waals surface area contributed by atoms with E-state index in [0.29, 0.717) is 22.0 Å². The fourth-order valence-corrected chi connectivity index (χ4v) is 3.68. The summed E-state index contributed by atoms with van der Waals surface area (Å²) in [5.74, 6) is -0.375. The minimum atomic E-state index is -3.77. The summed E-state index contributed by atoms with van der Waals surface area (Å²) in [4.78, 5) is 17.4. The van der Waals surface area contributed by atoms with Crippen LogP contribution in [0.15, 0.2) is 71.9 Å². The number of halogens is 1. The smallest absolute Gasteiger partial charge is 0.264 e. The van der Waals surface area contributed by atoms with Crippen LogP contribution in [0.1, 0.15) is 10.4 Å². The Balaban J connectivity index is 1.85. The molecule has 0 unspecified atom stereocenters. The van der Waals surface area contributed by atoms with Crippen molar-refractivity contribution in [1.82, 2.24) is 9.04 Å². The zero-order valence-electron chi connectivity index (χ0n) is 15.2. The maximum atomic E-state index is 12.6. The molecule has 0 radical (unpaired) electrons. The van der Waals surface area contributed by atoms with Crippen LogP contribution in [-0.4, -0.2) is 37.5 Å². The third-order valence-corrected chi connectivity index (χ3v) is 6.03. The first-order chi connectivity index (χ1) is 13.3. The molecule has 2 aromatic carbocycles. The van der Waals surface area contributed by atoms with E-state index < -0.39 is 10.0 Å². The van der Waals surface area contributed by atoms with Crippen LogP contribution < -0.4 is 5.32 Å². The maximum absolute atomic E-state index is 12.6. The van der Waals surface area contributed by atoms with Crippen molar-refractivity contribution in [2.45, 2.75) is 4.90 Å². The van der Waals surface area contributed by atoms with Crippen molar-refractivity contribution in [3.05, 3.63) is 77.6 Å². The molecule has 9 heteroatoms. The summed E-state index contributed by atoms with van der Waals surface area (Å²) >= 11 is 6.09. The number of anilines is 1. The van der Waals surface area contributed by atoms with Gasteiger partial charge < -0.3 is 9.88 Å². The number of hydroxylamine groups is 1. The van der Waals surface area contributed by atoms with E-state index in [4.69, 9.17) is 16.4 Å². The Bertz CT molecular complexity index is 1080. The molecule has 3 aromatic rings. The van der Waals surface area contributed by atoms with Gasteiger partial charge in [0.1, 0.15) is 0 Å². The van der Waals surface area contributed by atoms with E-state index in [1.807, 2.05) is 29.1 Å². The lowest BCUT2D eigenvalue weighted by Crippen LogP contribution is -2.25. The lowest BCUT2D eigenvalue weighted by Gasteiger charge is -2.15. The van der Waals surface area contributed by atoms with Crippen LogP contribution in [0.2, 0.25) is 5.02 Å². The first-order valence-electron chi connectivity index (χ1n) is 8.20. The lowest BCUT2D eigenvalue weighted by molar-refractivity contribution is -0.0258. The molecule has 1 N–H and O–H groups in total. The largest absolute Gasteiger partial charge is 0.322 e. The van der Waals surface area contributed by atoms with Gasteiger partial charge in [0.2, 0.25) is 0 Å². The monoisotopic (exact) mass is 419 g/mol. The second kappa shape index (κ2) is 8.15. The molecule has 0 atom stereocenters. The molecule has 0 fully saturated rings. The van der Waals surface area contributed by atoms with Gasteiger partial charge in [0.05, 0.1) is 23.4 Å². The van der Waals surface area contributed by atoms with Gasteiger partial charge in [0, 0.05) is 30.0 Å². The summed E-state index contributed by atoms with van der Waals surface area (Å²) in [6.45, 7) is 0. The number of amides is 1. The van der Waals surface area contributed by atoms with Crippen LogP contribution in [-0.2, 0) is 14.9 Å². The SMILES string of the molecule is CON(C)S(=O)(=O)c1ccc(C(=O)Nc2ccc(Cl)cc2-n2cccc2)cc1. The summed E-state index contributed by atoms with van der Waals surface area (Å²) in [7, 11) is -1.22. The normalized spacial score (nSPS) is 11.6. The lowest BCUT2D eigenvalue weighted by atomic mass is 10.2. The van der Waals surface area contributed by atoms with Crippen LogP contribution in [0, 0.1) is 0 Å². The molecule has 0 saturated heterocycles. The molecule has 7 nitrogen and oxygen atoms in total. The number of nitrogens with one attached hydrogen (secondary N) is 1. The molecule has 146 valence electrons. The van der Waals surface area contributed by atoms with Gasteiger partial charge in [-0.15, -0.1) is 0 Å². The summed E-state index contributed by atoms with van der Waals surface area (Å²) in [6.07, 6.45) is 3.68. The van der Waals surface area contributed by atoms with E-state index in [2.05, 4.69) is 5.32 Å². The minimum absolute atomic E-state index is 0.0212. The van der Waals surface area contributed by atoms with E-state index in [1.165, 1.54) is 38.4 Å². The molecule has 0 saturated carbocycles. The third-order valence-electron chi connectivity index (χ3n) is 4.10. The van der Waals surface area contributed by atoms with Gasteiger partial charge in [0.15, 0.2) is 0 Å². The zero-order chi connectivity index (χ0) is 20.3. The van der Waals surface area contributed by atoms with Crippen LogP contribution in [0.4, 0.5) is 5.69 Å². The molecule has 0 aliphatic rings.